The molecule has 1 aromatic rings. The maximum absolute atomic E-state index is 12.3. The van der Waals surface area contributed by atoms with Gasteiger partial charge in [0.05, 0.1) is 12.5 Å². The number of nitrogens with one attached hydrogen (secondary N) is 1. The summed E-state index contributed by atoms with van der Waals surface area (Å²) in [5.74, 6) is -0.0169. The van der Waals surface area contributed by atoms with Gasteiger partial charge in [0.25, 0.3) is 0 Å². The third-order valence-corrected chi connectivity index (χ3v) is 3.89. The Morgan fingerprint density at radius 2 is 2.42 bits per heavy atom. The molecule has 3 N–H and O–H groups in total. The molecule has 19 heavy (non-hydrogen) atoms. The van der Waals surface area contributed by atoms with Crippen molar-refractivity contribution in [1.29, 1.82) is 0 Å². The molecule has 2 rings (SSSR count). The molecule has 0 aromatic carbocycles. The molecule has 6 nitrogen and oxygen atoms in total. The zero-order valence-corrected chi connectivity index (χ0v) is 11.7. The fourth-order valence-corrected chi connectivity index (χ4v) is 2.79. The molecule has 1 aliphatic carbocycles. The molecule has 3 atom stereocenters. The fraction of sp³-hybridized carbons (Fsp3) is 0.769. The van der Waals surface area contributed by atoms with Gasteiger partial charge in [-0.15, -0.1) is 0 Å². The summed E-state index contributed by atoms with van der Waals surface area (Å²) in [7, 11) is 0. The Bertz CT molecular complexity index is 415. The van der Waals surface area contributed by atoms with Crippen molar-refractivity contribution in [3.8, 4) is 0 Å². The Labute approximate surface area is 113 Å². The summed E-state index contributed by atoms with van der Waals surface area (Å²) in [6.07, 6.45) is 7.15. The maximum atomic E-state index is 12.3. The van der Waals surface area contributed by atoms with Crippen molar-refractivity contribution in [3.63, 3.8) is 0 Å². The summed E-state index contributed by atoms with van der Waals surface area (Å²) in [6.45, 7) is 4.58. The Hall–Kier alpha value is -1.43. The van der Waals surface area contributed by atoms with Crippen LogP contribution in [0.4, 0.5) is 0 Å². The van der Waals surface area contributed by atoms with Crippen molar-refractivity contribution in [1.82, 2.24) is 20.1 Å². The van der Waals surface area contributed by atoms with E-state index in [9.17, 15) is 4.79 Å². The average molecular weight is 265 g/mol. The van der Waals surface area contributed by atoms with E-state index in [2.05, 4.69) is 15.4 Å². The van der Waals surface area contributed by atoms with Crippen molar-refractivity contribution in [2.75, 3.05) is 0 Å². The summed E-state index contributed by atoms with van der Waals surface area (Å²) < 4.78 is 1.72. The Balaban J connectivity index is 1.89. The Morgan fingerprint density at radius 1 is 1.63 bits per heavy atom. The van der Waals surface area contributed by atoms with E-state index in [-0.39, 0.29) is 23.4 Å². The second-order valence-corrected chi connectivity index (χ2v) is 5.83. The molecule has 0 bridgehead atoms. The molecule has 1 aromatic heterocycles. The Morgan fingerprint density at radius 3 is 3.05 bits per heavy atom. The molecule has 0 saturated heterocycles. The second kappa shape index (κ2) is 5.69. The summed E-state index contributed by atoms with van der Waals surface area (Å²) >= 11 is 0. The van der Waals surface area contributed by atoms with Crippen LogP contribution in [0.1, 0.15) is 39.5 Å². The number of rotatable bonds is 4. The lowest BCUT2D eigenvalue weighted by Gasteiger charge is -2.37. The van der Waals surface area contributed by atoms with Gasteiger partial charge in [0.15, 0.2) is 0 Å². The van der Waals surface area contributed by atoms with Crippen molar-refractivity contribution in [2.45, 2.75) is 57.7 Å². The average Bonchev–Trinajstić information content (AvgIpc) is 2.80. The van der Waals surface area contributed by atoms with Gasteiger partial charge < -0.3 is 11.1 Å². The van der Waals surface area contributed by atoms with Crippen LogP contribution in [0.15, 0.2) is 12.7 Å². The van der Waals surface area contributed by atoms with E-state index in [0.29, 0.717) is 6.54 Å². The van der Waals surface area contributed by atoms with Crippen LogP contribution >= 0.6 is 0 Å². The van der Waals surface area contributed by atoms with E-state index in [4.69, 9.17) is 5.73 Å². The number of hydrogen-bond donors (Lipinski definition) is 2. The topological polar surface area (TPSA) is 85.8 Å². The number of carbonyl (C=O) groups excluding carboxylic acids is 1. The van der Waals surface area contributed by atoms with Crippen LogP contribution < -0.4 is 11.1 Å². The van der Waals surface area contributed by atoms with Gasteiger partial charge >= 0.3 is 0 Å². The molecular formula is C13H23N5O. The minimum Gasteiger partial charge on any atom is -0.351 e. The highest BCUT2D eigenvalue weighted by atomic mass is 16.2. The zero-order chi connectivity index (χ0) is 13.9. The first-order valence-electron chi connectivity index (χ1n) is 6.91. The molecule has 0 aliphatic heterocycles. The normalized spacial score (nSPS) is 28.9. The molecule has 0 spiro atoms. The summed E-state index contributed by atoms with van der Waals surface area (Å²) in [4.78, 5) is 16.2. The van der Waals surface area contributed by atoms with E-state index >= 15 is 0 Å². The van der Waals surface area contributed by atoms with E-state index in [1.807, 2.05) is 13.8 Å². The van der Waals surface area contributed by atoms with Crippen LogP contribution in [0.5, 0.6) is 0 Å². The fourth-order valence-electron chi connectivity index (χ4n) is 2.79. The van der Waals surface area contributed by atoms with Crippen molar-refractivity contribution in [3.05, 3.63) is 12.7 Å². The molecule has 106 valence electrons. The standard InChI is InChI=1S/C13H23N5O/c1-10(7-18-9-15-8-16-18)17-12(19)11-5-3-4-6-13(11,2)14/h8-11H,3-7,14H2,1-2H3,(H,17,19). The van der Waals surface area contributed by atoms with Crippen molar-refractivity contribution in [2.24, 2.45) is 11.7 Å². The number of amides is 1. The van der Waals surface area contributed by atoms with Gasteiger partial charge in [0.1, 0.15) is 12.7 Å². The highest BCUT2D eigenvalue weighted by Gasteiger charge is 2.37. The number of nitrogens with two attached hydrogens (primary N) is 1. The first-order chi connectivity index (χ1) is 8.99. The first-order valence-corrected chi connectivity index (χ1v) is 6.91. The Kier molecular flexibility index (Phi) is 4.19. The monoisotopic (exact) mass is 265 g/mol. The number of hydrogen-bond acceptors (Lipinski definition) is 4. The highest BCUT2D eigenvalue weighted by molar-refractivity contribution is 5.80. The molecule has 3 unspecified atom stereocenters. The lowest BCUT2D eigenvalue weighted by Crippen LogP contribution is -2.54. The van der Waals surface area contributed by atoms with Crippen LogP contribution in [-0.4, -0.2) is 32.3 Å². The maximum Gasteiger partial charge on any atom is 0.225 e. The number of aromatic nitrogens is 3. The molecule has 1 fully saturated rings. The van der Waals surface area contributed by atoms with E-state index in [1.165, 1.54) is 6.33 Å². The van der Waals surface area contributed by atoms with Crippen molar-refractivity contribution < 1.29 is 4.79 Å². The van der Waals surface area contributed by atoms with E-state index in [1.54, 1.807) is 11.0 Å². The van der Waals surface area contributed by atoms with E-state index in [0.717, 1.165) is 25.7 Å². The van der Waals surface area contributed by atoms with E-state index < -0.39 is 0 Å². The highest BCUT2D eigenvalue weighted by Crippen LogP contribution is 2.31. The molecule has 1 amide bonds. The quantitative estimate of drug-likeness (QED) is 0.838. The number of nitrogens with zero attached hydrogens (tertiary/aromatic N) is 3. The minimum absolute atomic E-state index is 0.0203. The van der Waals surface area contributed by atoms with Crippen LogP contribution in [0.3, 0.4) is 0 Å². The molecule has 1 heterocycles. The van der Waals surface area contributed by atoms with Crippen LogP contribution in [0, 0.1) is 5.92 Å². The van der Waals surface area contributed by atoms with Gasteiger partial charge in [-0.1, -0.05) is 12.8 Å². The van der Waals surface area contributed by atoms with Gasteiger partial charge in [-0.2, -0.15) is 5.10 Å². The van der Waals surface area contributed by atoms with Gasteiger partial charge in [-0.05, 0) is 26.7 Å². The van der Waals surface area contributed by atoms with Crippen LogP contribution in [0.25, 0.3) is 0 Å². The third kappa shape index (κ3) is 3.53. The van der Waals surface area contributed by atoms with Gasteiger partial charge in [-0.3, -0.25) is 9.48 Å². The minimum atomic E-state index is -0.380. The third-order valence-electron chi connectivity index (χ3n) is 3.89. The smallest absolute Gasteiger partial charge is 0.225 e. The lowest BCUT2D eigenvalue weighted by atomic mass is 9.74. The molecular weight excluding hydrogens is 242 g/mol. The predicted octanol–water partition coefficient (Wildman–Crippen LogP) is 0.690. The summed E-state index contributed by atoms with van der Waals surface area (Å²) in [6, 6.07) is 0.0203. The molecule has 1 saturated carbocycles. The van der Waals surface area contributed by atoms with Gasteiger partial charge in [-0.25, -0.2) is 4.98 Å². The largest absolute Gasteiger partial charge is 0.351 e. The van der Waals surface area contributed by atoms with Gasteiger partial charge in [0, 0.05) is 11.6 Å². The van der Waals surface area contributed by atoms with Gasteiger partial charge in [0.2, 0.25) is 5.91 Å². The SMILES string of the molecule is CC(Cn1cncn1)NC(=O)C1CCCCC1(C)N. The predicted molar refractivity (Wildman–Crippen MR) is 72.2 cm³/mol. The van der Waals surface area contributed by atoms with Crippen LogP contribution in [0.2, 0.25) is 0 Å². The molecule has 0 radical (unpaired) electrons. The zero-order valence-electron chi connectivity index (χ0n) is 11.7. The number of carbonyl (C=O) groups is 1. The molecule has 6 heteroatoms. The lowest BCUT2D eigenvalue weighted by molar-refractivity contribution is -0.128. The van der Waals surface area contributed by atoms with Crippen molar-refractivity contribution >= 4 is 5.91 Å². The second-order valence-electron chi connectivity index (χ2n) is 5.83. The summed E-state index contributed by atoms with van der Waals surface area (Å²) in [5.41, 5.74) is 5.87. The molecule has 1 aliphatic rings. The summed E-state index contributed by atoms with van der Waals surface area (Å²) in [5, 5.41) is 7.07. The first kappa shape index (κ1) is 14.0. The van der Waals surface area contributed by atoms with Crippen LogP contribution in [-0.2, 0) is 11.3 Å².